The summed E-state index contributed by atoms with van der Waals surface area (Å²) in [5.74, 6) is 0.528. The summed E-state index contributed by atoms with van der Waals surface area (Å²) in [4.78, 5) is 14.8. The van der Waals surface area contributed by atoms with E-state index < -0.39 is 0 Å². The van der Waals surface area contributed by atoms with Gasteiger partial charge in [0.25, 0.3) is 0 Å². The zero-order valence-corrected chi connectivity index (χ0v) is 6.05. The van der Waals surface area contributed by atoms with E-state index in [0.29, 0.717) is 6.54 Å². The van der Waals surface area contributed by atoms with Crippen molar-refractivity contribution in [1.29, 1.82) is 0 Å². The first-order chi connectivity index (χ1) is 4.74. The molecule has 1 aliphatic heterocycles. The topological polar surface area (TPSA) is 50.7 Å². The van der Waals surface area contributed by atoms with Crippen LogP contribution in [0.5, 0.6) is 0 Å². The molecule has 0 spiro atoms. The molecule has 1 heterocycles. The van der Waals surface area contributed by atoms with Gasteiger partial charge in [-0.3, -0.25) is 4.99 Å². The molecule has 0 saturated heterocycles. The monoisotopic (exact) mass is 142 g/mol. The van der Waals surface area contributed by atoms with Crippen molar-refractivity contribution in [1.82, 2.24) is 5.32 Å². The normalized spacial score (nSPS) is 23.4. The van der Waals surface area contributed by atoms with Gasteiger partial charge >= 0.3 is 5.97 Å². The van der Waals surface area contributed by atoms with E-state index in [4.69, 9.17) is 0 Å². The van der Waals surface area contributed by atoms with Gasteiger partial charge in [0, 0.05) is 6.54 Å². The maximum absolute atomic E-state index is 10.8. The number of ether oxygens (including phenoxy) is 1. The minimum Gasteiger partial charge on any atom is -0.467 e. The first kappa shape index (κ1) is 7.05. The highest BCUT2D eigenvalue weighted by Crippen LogP contribution is 1.99. The van der Waals surface area contributed by atoms with Crippen molar-refractivity contribution in [2.45, 2.75) is 13.0 Å². The molecule has 0 bridgehead atoms. The molecule has 10 heavy (non-hydrogen) atoms. The van der Waals surface area contributed by atoms with Gasteiger partial charge in [0.2, 0.25) is 0 Å². The molecule has 0 aliphatic carbocycles. The molecule has 4 nitrogen and oxygen atoms in total. The molecule has 1 rings (SSSR count). The largest absolute Gasteiger partial charge is 0.467 e. The Kier molecular flexibility index (Phi) is 1.89. The molecule has 1 atom stereocenters. The lowest BCUT2D eigenvalue weighted by Gasteiger charge is -2.00. The molecule has 0 amide bonds. The van der Waals surface area contributed by atoms with Crippen LogP contribution in [0.3, 0.4) is 0 Å². The number of nitrogens with one attached hydrogen (secondary N) is 1. The molecule has 1 N–H and O–H groups in total. The molecule has 0 saturated carbocycles. The van der Waals surface area contributed by atoms with Gasteiger partial charge in [-0.05, 0) is 6.92 Å². The van der Waals surface area contributed by atoms with E-state index in [1.165, 1.54) is 7.11 Å². The molecule has 0 aromatic carbocycles. The molecule has 0 aromatic rings. The number of esters is 1. The number of carbonyl (C=O) groups is 1. The van der Waals surface area contributed by atoms with Crippen LogP contribution in [0.2, 0.25) is 0 Å². The highest BCUT2D eigenvalue weighted by molar-refractivity contribution is 5.88. The number of aliphatic imine (C=N–C) groups is 1. The number of hydrogen-bond acceptors (Lipinski definition) is 4. The molecule has 1 unspecified atom stereocenters. The van der Waals surface area contributed by atoms with Gasteiger partial charge in [0.05, 0.1) is 12.9 Å². The van der Waals surface area contributed by atoms with E-state index >= 15 is 0 Å². The minimum absolute atomic E-state index is 0.274. The van der Waals surface area contributed by atoms with Crippen LogP contribution in [0.25, 0.3) is 0 Å². The number of nitrogens with zero attached hydrogens (tertiary/aromatic N) is 1. The van der Waals surface area contributed by atoms with Gasteiger partial charge in [0.15, 0.2) is 6.04 Å². The van der Waals surface area contributed by atoms with Gasteiger partial charge in [-0.1, -0.05) is 0 Å². The first-order valence-electron chi connectivity index (χ1n) is 3.10. The molecule has 0 radical (unpaired) electrons. The van der Waals surface area contributed by atoms with Crippen LogP contribution in [-0.2, 0) is 9.53 Å². The van der Waals surface area contributed by atoms with E-state index in [1.807, 2.05) is 6.92 Å². The average molecular weight is 142 g/mol. The van der Waals surface area contributed by atoms with Gasteiger partial charge in [-0.2, -0.15) is 0 Å². The Labute approximate surface area is 59.3 Å². The molecule has 4 heteroatoms. The average Bonchev–Trinajstić information content (AvgIpc) is 2.34. The number of carbonyl (C=O) groups excluding carboxylic acids is 1. The summed E-state index contributed by atoms with van der Waals surface area (Å²) in [5.41, 5.74) is 0. The second-order valence-electron chi connectivity index (χ2n) is 2.13. The van der Waals surface area contributed by atoms with Gasteiger partial charge in [0.1, 0.15) is 0 Å². The van der Waals surface area contributed by atoms with Gasteiger partial charge < -0.3 is 10.1 Å². The van der Waals surface area contributed by atoms with Crippen molar-refractivity contribution in [3.05, 3.63) is 0 Å². The predicted octanol–water partition coefficient (Wildman–Crippen LogP) is -0.450. The van der Waals surface area contributed by atoms with Crippen molar-refractivity contribution in [2.24, 2.45) is 4.99 Å². The van der Waals surface area contributed by atoms with E-state index in [9.17, 15) is 4.79 Å². The van der Waals surface area contributed by atoms with Crippen molar-refractivity contribution in [3.8, 4) is 0 Å². The second kappa shape index (κ2) is 2.68. The Bertz CT molecular complexity index is 177. The number of methoxy groups -OCH3 is 1. The minimum atomic E-state index is -0.329. The fourth-order valence-corrected chi connectivity index (χ4v) is 0.841. The predicted molar refractivity (Wildman–Crippen MR) is 36.9 cm³/mol. The molecular weight excluding hydrogens is 132 g/mol. The third-order valence-electron chi connectivity index (χ3n) is 1.37. The van der Waals surface area contributed by atoms with E-state index in [-0.39, 0.29) is 12.0 Å². The standard InChI is InChI=1S/C6H10N2O2/c1-4-7-3-5(8-4)6(9)10-2/h5H,3H2,1-2H3,(H,7,8). The van der Waals surface area contributed by atoms with E-state index in [1.54, 1.807) is 0 Å². The fourth-order valence-electron chi connectivity index (χ4n) is 0.841. The zero-order chi connectivity index (χ0) is 7.56. The Morgan fingerprint density at radius 2 is 2.60 bits per heavy atom. The quantitative estimate of drug-likeness (QED) is 0.504. The summed E-state index contributed by atoms with van der Waals surface area (Å²) in [6, 6.07) is -0.329. The van der Waals surface area contributed by atoms with Crippen LogP contribution in [0.15, 0.2) is 4.99 Å². The lowest BCUT2D eigenvalue weighted by atomic mass is 10.3. The van der Waals surface area contributed by atoms with Crippen LogP contribution in [-0.4, -0.2) is 31.5 Å². The summed E-state index contributed by atoms with van der Waals surface area (Å²) in [5, 5.41) is 2.93. The fraction of sp³-hybridized carbons (Fsp3) is 0.667. The highest BCUT2D eigenvalue weighted by atomic mass is 16.5. The van der Waals surface area contributed by atoms with Crippen LogP contribution in [0.4, 0.5) is 0 Å². The Morgan fingerprint density at radius 3 is 3.00 bits per heavy atom. The van der Waals surface area contributed by atoms with Crippen molar-refractivity contribution in [3.63, 3.8) is 0 Å². The maximum atomic E-state index is 10.8. The summed E-state index contributed by atoms with van der Waals surface area (Å²) < 4.78 is 4.50. The number of rotatable bonds is 1. The van der Waals surface area contributed by atoms with Crippen molar-refractivity contribution < 1.29 is 9.53 Å². The number of amidine groups is 1. The lowest BCUT2D eigenvalue weighted by Crippen LogP contribution is -2.26. The Balaban J connectivity index is 2.52. The Morgan fingerprint density at radius 1 is 1.90 bits per heavy atom. The van der Waals surface area contributed by atoms with E-state index in [2.05, 4.69) is 15.0 Å². The summed E-state index contributed by atoms with van der Waals surface area (Å²) in [7, 11) is 1.37. The molecule has 1 aliphatic rings. The smallest absolute Gasteiger partial charge is 0.332 e. The number of hydrogen-bond donors (Lipinski definition) is 1. The van der Waals surface area contributed by atoms with Crippen LogP contribution < -0.4 is 5.32 Å². The Hall–Kier alpha value is -1.06. The van der Waals surface area contributed by atoms with E-state index in [0.717, 1.165) is 5.84 Å². The van der Waals surface area contributed by atoms with Crippen LogP contribution >= 0.6 is 0 Å². The molecular formula is C6H10N2O2. The highest BCUT2D eigenvalue weighted by Gasteiger charge is 2.22. The molecule has 0 fully saturated rings. The summed E-state index contributed by atoms with van der Waals surface area (Å²) >= 11 is 0. The van der Waals surface area contributed by atoms with Crippen molar-refractivity contribution >= 4 is 11.8 Å². The summed E-state index contributed by atoms with van der Waals surface area (Å²) in [6.07, 6.45) is 0. The van der Waals surface area contributed by atoms with Gasteiger partial charge in [-0.15, -0.1) is 0 Å². The van der Waals surface area contributed by atoms with Crippen LogP contribution in [0, 0.1) is 0 Å². The van der Waals surface area contributed by atoms with Gasteiger partial charge in [-0.25, -0.2) is 4.79 Å². The summed E-state index contributed by atoms with van der Waals surface area (Å²) in [6.45, 7) is 2.39. The SMILES string of the molecule is COC(=O)C1CNC(C)=N1. The lowest BCUT2D eigenvalue weighted by molar-refractivity contribution is -0.141. The third kappa shape index (κ3) is 1.26. The first-order valence-corrected chi connectivity index (χ1v) is 3.10. The third-order valence-corrected chi connectivity index (χ3v) is 1.37. The van der Waals surface area contributed by atoms with Crippen molar-refractivity contribution in [2.75, 3.05) is 13.7 Å². The molecule has 0 aromatic heterocycles. The second-order valence-corrected chi connectivity index (χ2v) is 2.13. The zero-order valence-electron chi connectivity index (χ0n) is 6.05. The van der Waals surface area contributed by atoms with Crippen LogP contribution in [0.1, 0.15) is 6.92 Å². The molecule has 56 valence electrons. The maximum Gasteiger partial charge on any atom is 0.332 e.